The van der Waals surface area contributed by atoms with Crippen molar-refractivity contribution in [2.45, 2.75) is 6.92 Å². The molecule has 116 valence electrons. The lowest BCUT2D eigenvalue weighted by atomic mass is 10.1. The van der Waals surface area contributed by atoms with Gasteiger partial charge in [0.2, 0.25) is 5.82 Å². The van der Waals surface area contributed by atoms with Crippen molar-refractivity contribution in [3.63, 3.8) is 0 Å². The van der Waals surface area contributed by atoms with Crippen LogP contribution in [0, 0.1) is 11.3 Å². The standard InChI is InChI=1S/C18H12N4O2/c1-12(23)17-20-16(14-5-3-2-4-6-14)18(24)22(21-17)15-9-7-13(11-19)8-10-15/h2-10H,1H3. The van der Waals surface area contributed by atoms with Crippen molar-refractivity contribution >= 4 is 5.78 Å². The minimum atomic E-state index is -0.434. The molecule has 6 nitrogen and oxygen atoms in total. The summed E-state index contributed by atoms with van der Waals surface area (Å²) in [6.45, 7) is 1.34. The Kier molecular flexibility index (Phi) is 4.00. The zero-order chi connectivity index (χ0) is 17.1. The van der Waals surface area contributed by atoms with E-state index in [1.807, 2.05) is 12.1 Å². The lowest BCUT2D eigenvalue weighted by molar-refractivity contribution is 0.100. The van der Waals surface area contributed by atoms with Gasteiger partial charge < -0.3 is 0 Å². The van der Waals surface area contributed by atoms with Crippen LogP contribution < -0.4 is 5.56 Å². The Morgan fingerprint density at radius 3 is 2.33 bits per heavy atom. The van der Waals surface area contributed by atoms with E-state index >= 15 is 0 Å². The largest absolute Gasteiger partial charge is 0.298 e. The molecule has 0 aliphatic heterocycles. The normalized spacial score (nSPS) is 10.2. The Bertz CT molecular complexity index is 1000. The first-order valence-corrected chi connectivity index (χ1v) is 7.18. The second kappa shape index (κ2) is 6.26. The van der Waals surface area contributed by atoms with Crippen molar-refractivity contribution in [1.29, 1.82) is 5.26 Å². The molecule has 0 aliphatic carbocycles. The molecule has 0 saturated heterocycles. The average Bonchev–Trinajstić information content (AvgIpc) is 2.62. The molecule has 0 unspecified atom stereocenters. The Morgan fingerprint density at radius 2 is 1.75 bits per heavy atom. The minimum Gasteiger partial charge on any atom is -0.291 e. The summed E-state index contributed by atoms with van der Waals surface area (Å²) in [7, 11) is 0. The fourth-order valence-electron chi connectivity index (χ4n) is 2.20. The van der Waals surface area contributed by atoms with Crippen LogP contribution in [0.1, 0.15) is 23.1 Å². The SMILES string of the molecule is CC(=O)c1nc(-c2ccccc2)c(=O)n(-c2ccc(C#N)cc2)n1. The Morgan fingerprint density at radius 1 is 1.08 bits per heavy atom. The van der Waals surface area contributed by atoms with Crippen LogP contribution in [0.15, 0.2) is 59.4 Å². The van der Waals surface area contributed by atoms with E-state index in [1.165, 1.54) is 6.92 Å². The summed E-state index contributed by atoms with van der Waals surface area (Å²) < 4.78 is 1.13. The zero-order valence-corrected chi connectivity index (χ0v) is 12.8. The minimum absolute atomic E-state index is 0.0437. The molecule has 6 heteroatoms. The van der Waals surface area contributed by atoms with Gasteiger partial charge in [0.25, 0.3) is 5.56 Å². The van der Waals surface area contributed by atoms with Crippen LogP contribution in [0.3, 0.4) is 0 Å². The van der Waals surface area contributed by atoms with E-state index in [2.05, 4.69) is 10.1 Å². The summed E-state index contributed by atoms with van der Waals surface area (Å²) in [4.78, 5) is 28.6. The van der Waals surface area contributed by atoms with Gasteiger partial charge in [-0.2, -0.15) is 9.94 Å². The molecule has 0 N–H and O–H groups in total. The number of carbonyl (C=O) groups is 1. The van der Waals surface area contributed by atoms with Crippen molar-refractivity contribution in [1.82, 2.24) is 14.8 Å². The molecule has 3 rings (SSSR count). The maximum atomic E-state index is 12.8. The van der Waals surface area contributed by atoms with Crippen LogP contribution >= 0.6 is 0 Å². The highest BCUT2D eigenvalue weighted by Gasteiger charge is 2.15. The highest BCUT2D eigenvalue weighted by atomic mass is 16.1. The van der Waals surface area contributed by atoms with Crippen LogP contribution in [-0.4, -0.2) is 20.5 Å². The van der Waals surface area contributed by atoms with Crippen molar-refractivity contribution in [3.8, 4) is 23.0 Å². The van der Waals surface area contributed by atoms with Crippen molar-refractivity contribution in [2.24, 2.45) is 0 Å². The van der Waals surface area contributed by atoms with Crippen LogP contribution in [0.25, 0.3) is 16.9 Å². The second-order valence-electron chi connectivity index (χ2n) is 5.08. The van der Waals surface area contributed by atoms with Gasteiger partial charge in [-0.1, -0.05) is 30.3 Å². The van der Waals surface area contributed by atoms with Gasteiger partial charge >= 0.3 is 0 Å². The number of aromatic nitrogens is 3. The first kappa shape index (κ1) is 15.3. The van der Waals surface area contributed by atoms with Crippen molar-refractivity contribution in [3.05, 3.63) is 76.3 Å². The van der Waals surface area contributed by atoms with Gasteiger partial charge in [0.15, 0.2) is 5.78 Å². The van der Waals surface area contributed by atoms with Gasteiger partial charge in [0, 0.05) is 12.5 Å². The molecule has 0 saturated carbocycles. The molecule has 0 spiro atoms. The molecule has 24 heavy (non-hydrogen) atoms. The Balaban J connectivity index is 2.26. The molecule has 0 radical (unpaired) electrons. The summed E-state index contributed by atoms with van der Waals surface area (Å²) in [6.07, 6.45) is 0. The molecule has 0 fully saturated rings. The van der Waals surface area contributed by atoms with E-state index in [9.17, 15) is 9.59 Å². The maximum Gasteiger partial charge on any atom is 0.298 e. The van der Waals surface area contributed by atoms with Crippen molar-refractivity contribution < 1.29 is 4.79 Å². The number of hydrogen-bond donors (Lipinski definition) is 0. The van der Waals surface area contributed by atoms with Gasteiger partial charge in [-0.25, -0.2) is 4.98 Å². The molecule has 0 amide bonds. The lowest BCUT2D eigenvalue weighted by Gasteiger charge is -2.09. The predicted octanol–water partition coefficient (Wildman–Crippen LogP) is 2.37. The van der Waals surface area contributed by atoms with E-state index in [-0.39, 0.29) is 17.3 Å². The first-order chi connectivity index (χ1) is 11.6. The summed E-state index contributed by atoms with van der Waals surface area (Å²) in [5.41, 5.74) is 1.25. The van der Waals surface area contributed by atoms with Gasteiger partial charge in [-0.05, 0) is 24.3 Å². The number of hydrogen-bond acceptors (Lipinski definition) is 5. The number of nitriles is 1. The van der Waals surface area contributed by atoms with Crippen LogP contribution in [-0.2, 0) is 0 Å². The fourth-order valence-corrected chi connectivity index (χ4v) is 2.20. The molecule has 1 heterocycles. The highest BCUT2D eigenvalue weighted by molar-refractivity contribution is 5.90. The number of benzene rings is 2. The Hall–Kier alpha value is -3.59. The molecular weight excluding hydrogens is 304 g/mol. The quantitative estimate of drug-likeness (QED) is 0.692. The second-order valence-corrected chi connectivity index (χ2v) is 5.08. The van der Waals surface area contributed by atoms with Crippen LogP contribution in [0.2, 0.25) is 0 Å². The number of carbonyl (C=O) groups excluding carboxylic acids is 1. The van der Waals surface area contributed by atoms with E-state index in [0.717, 1.165) is 4.68 Å². The van der Waals surface area contributed by atoms with Gasteiger partial charge in [-0.3, -0.25) is 9.59 Å². The fraction of sp³-hybridized carbons (Fsp3) is 0.0556. The van der Waals surface area contributed by atoms with Gasteiger partial charge in [-0.15, -0.1) is 5.10 Å². The zero-order valence-electron chi connectivity index (χ0n) is 12.8. The van der Waals surface area contributed by atoms with E-state index in [1.54, 1.807) is 48.5 Å². The molecule has 0 atom stereocenters. The molecule has 0 aliphatic rings. The van der Waals surface area contributed by atoms with E-state index in [4.69, 9.17) is 5.26 Å². The van der Waals surface area contributed by atoms with Crippen LogP contribution in [0.4, 0.5) is 0 Å². The summed E-state index contributed by atoms with van der Waals surface area (Å²) in [6, 6.07) is 17.3. The average molecular weight is 316 g/mol. The first-order valence-electron chi connectivity index (χ1n) is 7.18. The third kappa shape index (κ3) is 2.83. The molecule has 3 aromatic rings. The third-order valence-corrected chi connectivity index (χ3v) is 3.41. The van der Waals surface area contributed by atoms with Crippen molar-refractivity contribution in [2.75, 3.05) is 0 Å². The summed E-state index contributed by atoms with van der Waals surface area (Å²) in [5.74, 6) is -0.382. The summed E-state index contributed by atoms with van der Waals surface area (Å²) >= 11 is 0. The number of rotatable bonds is 3. The number of ketones is 1. The molecular formula is C18H12N4O2. The topological polar surface area (TPSA) is 88.6 Å². The number of nitrogens with zero attached hydrogens (tertiary/aromatic N) is 4. The lowest BCUT2D eigenvalue weighted by Crippen LogP contribution is -2.27. The van der Waals surface area contributed by atoms with Gasteiger partial charge in [0.05, 0.1) is 17.3 Å². The van der Waals surface area contributed by atoms with E-state index < -0.39 is 5.56 Å². The highest BCUT2D eigenvalue weighted by Crippen LogP contribution is 2.14. The smallest absolute Gasteiger partial charge is 0.291 e. The third-order valence-electron chi connectivity index (χ3n) is 3.41. The van der Waals surface area contributed by atoms with E-state index in [0.29, 0.717) is 16.8 Å². The van der Waals surface area contributed by atoms with Gasteiger partial charge in [0.1, 0.15) is 5.69 Å². The van der Waals surface area contributed by atoms with Crippen LogP contribution in [0.5, 0.6) is 0 Å². The molecule has 1 aromatic heterocycles. The molecule has 2 aromatic carbocycles. The molecule has 0 bridgehead atoms. The summed E-state index contributed by atoms with van der Waals surface area (Å²) in [5, 5.41) is 12.9. The maximum absolute atomic E-state index is 12.8. The predicted molar refractivity (Wildman–Crippen MR) is 87.8 cm³/mol. The Labute approximate surface area is 137 Å². The monoisotopic (exact) mass is 316 g/mol. The number of Topliss-reactive ketones (excluding diaryl/α,β-unsaturated/α-hetero) is 1.